The molecule has 17 heavy (non-hydrogen) atoms. The zero-order chi connectivity index (χ0) is 12.4. The van der Waals surface area contributed by atoms with E-state index in [4.69, 9.17) is 0 Å². The highest BCUT2D eigenvalue weighted by Crippen LogP contribution is 2.29. The van der Waals surface area contributed by atoms with E-state index in [1.807, 2.05) is 0 Å². The summed E-state index contributed by atoms with van der Waals surface area (Å²) in [6.45, 7) is 2.87. The second-order valence-corrected chi connectivity index (χ2v) is 4.12. The summed E-state index contributed by atoms with van der Waals surface area (Å²) in [5.74, 6) is -0.527. The summed E-state index contributed by atoms with van der Waals surface area (Å²) >= 11 is 0. The van der Waals surface area contributed by atoms with Crippen LogP contribution in [-0.4, -0.2) is 30.6 Å². The number of anilines is 1. The van der Waals surface area contributed by atoms with Crippen molar-refractivity contribution in [2.45, 2.75) is 13.0 Å². The van der Waals surface area contributed by atoms with Crippen LogP contribution in [0.25, 0.3) is 0 Å². The average molecular weight is 238 g/mol. The number of hydrogen-bond donors (Lipinski definition) is 2. The highest BCUT2D eigenvalue weighted by molar-refractivity contribution is 5.83. The number of aliphatic hydroxyl groups excluding tert-OH is 1. The number of nitrogens with one attached hydrogen (secondary N) is 1. The minimum Gasteiger partial charge on any atom is -0.389 e. The molecule has 0 saturated carbocycles. The third-order valence-corrected chi connectivity index (χ3v) is 2.83. The molecular weight excluding hydrogens is 223 g/mol. The maximum absolute atomic E-state index is 13.7. The molecule has 1 fully saturated rings. The second-order valence-electron chi connectivity index (χ2n) is 4.12. The van der Waals surface area contributed by atoms with Gasteiger partial charge in [-0.05, 0) is 19.1 Å². The van der Waals surface area contributed by atoms with E-state index in [0.717, 1.165) is 0 Å². The molecule has 4 nitrogen and oxygen atoms in total. The first-order valence-electron chi connectivity index (χ1n) is 5.57. The molecule has 92 valence electrons. The summed E-state index contributed by atoms with van der Waals surface area (Å²) in [6.07, 6.45) is -0.892. The van der Waals surface area contributed by atoms with Crippen molar-refractivity contribution in [2.75, 3.05) is 24.5 Å². The summed E-state index contributed by atoms with van der Waals surface area (Å²) in [7, 11) is 0. The van der Waals surface area contributed by atoms with Crippen LogP contribution in [-0.2, 0) is 4.79 Å². The number of nitrogens with zero attached hydrogens (tertiary/aromatic N) is 1. The van der Waals surface area contributed by atoms with Crippen LogP contribution in [0.15, 0.2) is 18.2 Å². The Morgan fingerprint density at radius 1 is 1.53 bits per heavy atom. The molecule has 0 unspecified atom stereocenters. The van der Waals surface area contributed by atoms with Crippen molar-refractivity contribution >= 4 is 11.6 Å². The third-order valence-electron chi connectivity index (χ3n) is 2.83. The fourth-order valence-corrected chi connectivity index (χ4v) is 2.06. The van der Waals surface area contributed by atoms with Crippen LogP contribution in [0.4, 0.5) is 10.1 Å². The van der Waals surface area contributed by atoms with Crippen molar-refractivity contribution in [1.82, 2.24) is 5.32 Å². The van der Waals surface area contributed by atoms with Crippen molar-refractivity contribution < 1.29 is 14.3 Å². The van der Waals surface area contributed by atoms with Crippen molar-refractivity contribution in [3.05, 3.63) is 29.6 Å². The van der Waals surface area contributed by atoms with Crippen molar-refractivity contribution in [2.24, 2.45) is 0 Å². The van der Waals surface area contributed by atoms with E-state index >= 15 is 0 Å². The molecule has 0 spiro atoms. The van der Waals surface area contributed by atoms with Crippen LogP contribution >= 0.6 is 0 Å². The number of halogens is 1. The molecule has 0 aliphatic carbocycles. The maximum atomic E-state index is 13.7. The molecule has 2 N–H and O–H groups in total. The SMILES string of the molecule is C[C@@H](O)c1c(F)cccc1N1CCNC(=O)C1. The number of aliphatic hydroxyl groups is 1. The predicted molar refractivity (Wildman–Crippen MR) is 62.3 cm³/mol. The van der Waals surface area contributed by atoms with Gasteiger partial charge in [0, 0.05) is 24.3 Å². The average Bonchev–Trinajstić information content (AvgIpc) is 2.28. The summed E-state index contributed by atoms with van der Waals surface area (Å²) in [5.41, 5.74) is 0.844. The lowest BCUT2D eigenvalue weighted by Gasteiger charge is -2.31. The van der Waals surface area contributed by atoms with Crippen LogP contribution < -0.4 is 10.2 Å². The van der Waals surface area contributed by atoms with Gasteiger partial charge in [0.2, 0.25) is 5.91 Å². The zero-order valence-electron chi connectivity index (χ0n) is 9.61. The van der Waals surface area contributed by atoms with Gasteiger partial charge < -0.3 is 15.3 Å². The minimum atomic E-state index is -0.892. The number of carbonyl (C=O) groups excluding carboxylic acids is 1. The number of piperazine rings is 1. The lowest BCUT2D eigenvalue weighted by atomic mass is 10.1. The van der Waals surface area contributed by atoms with Gasteiger partial charge in [-0.15, -0.1) is 0 Å². The quantitative estimate of drug-likeness (QED) is 0.802. The monoisotopic (exact) mass is 238 g/mol. The van der Waals surface area contributed by atoms with Gasteiger partial charge in [-0.3, -0.25) is 4.79 Å². The largest absolute Gasteiger partial charge is 0.389 e. The van der Waals surface area contributed by atoms with Gasteiger partial charge in [-0.25, -0.2) is 4.39 Å². The molecule has 5 heteroatoms. The molecule has 1 aromatic carbocycles. The van der Waals surface area contributed by atoms with E-state index < -0.39 is 11.9 Å². The Kier molecular flexibility index (Phi) is 3.28. The number of benzene rings is 1. The molecule has 1 heterocycles. The van der Waals surface area contributed by atoms with E-state index in [1.165, 1.54) is 13.0 Å². The molecule has 0 radical (unpaired) electrons. The summed E-state index contributed by atoms with van der Waals surface area (Å²) in [5, 5.41) is 12.3. The van der Waals surface area contributed by atoms with Gasteiger partial charge in [-0.2, -0.15) is 0 Å². The zero-order valence-corrected chi connectivity index (χ0v) is 9.61. The van der Waals surface area contributed by atoms with Crippen LogP contribution in [0.5, 0.6) is 0 Å². The Bertz CT molecular complexity index is 435. The number of hydrogen-bond acceptors (Lipinski definition) is 3. The van der Waals surface area contributed by atoms with Gasteiger partial charge in [0.05, 0.1) is 12.6 Å². The standard InChI is InChI=1S/C12H15FN2O2/c1-8(16)12-9(13)3-2-4-10(12)15-6-5-14-11(17)7-15/h2-4,8,16H,5-7H2,1H3,(H,14,17)/t8-/m1/s1. The Balaban J connectivity index is 2.37. The molecule has 1 aliphatic heterocycles. The smallest absolute Gasteiger partial charge is 0.239 e. The van der Waals surface area contributed by atoms with Crippen molar-refractivity contribution in [3.63, 3.8) is 0 Å². The summed E-state index contributed by atoms with van der Waals surface area (Å²) in [6, 6.07) is 4.63. The third kappa shape index (κ3) is 2.39. The molecule has 1 saturated heterocycles. The van der Waals surface area contributed by atoms with Gasteiger partial charge in [0.15, 0.2) is 0 Å². The number of amides is 1. The molecule has 0 bridgehead atoms. The second kappa shape index (κ2) is 4.71. The van der Waals surface area contributed by atoms with E-state index in [2.05, 4.69) is 5.32 Å². The molecule has 1 amide bonds. The highest BCUT2D eigenvalue weighted by atomic mass is 19.1. The first-order valence-corrected chi connectivity index (χ1v) is 5.57. The number of carbonyl (C=O) groups is 1. The van der Waals surface area contributed by atoms with E-state index in [9.17, 15) is 14.3 Å². The van der Waals surface area contributed by atoms with E-state index in [0.29, 0.717) is 18.8 Å². The molecule has 2 rings (SSSR count). The van der Waals surface area contributed by atoms with E-state index in [-0.39, 0.29) is 18.0 Å². The van der Waals surface area contributed by atoms with Crippen molar-refractivity contribution in [3.8, 4) is 0 Å². The Hall–Kier alpha value is -1.62. The Labute approximate surface area is 99.0 Å². The Morgan fingerprint density at radius 3 is 2.94 bits per heavy atom. The molecule has 0 aromatic heterocycles. The van der Waals surface area contributed by atoms with Crippen LogP contribution in [0, 0.1) is 5.82 Å². The molecular formula is C12H15FN2O2. The van der Waals surface area contributed by atoms with Crippen LogP contribution in [0.3, 0.4) is 0 Å². The fourth-order valence-electron chi connectivity index (χ4n) is 2.06. The normalized spacial score (nSPS) is 17.8. The van der Waals surface area contributed by atoms with Gasteiger partial charge in [0.1, 0.15) is 5.82 Å². The topological polar surface area (TPSA) is 52.6 Å². The maximum Gasteiger partial charge on any atom is 0.239 e. The predicted octanol–water partition coefficient (Wildman–Crippen LogP) is 0.815. The van der Waals surface area contributed by atoms with Crippen molar-refractivity contribution in [1.29, 1.82) is 0 Å². The first kappa shape index (κ1) is 11.9. The van der Waals surface area contributed by atoms with Gasteiger partial charge in [0.25, 0.3) is 0 Å². The lowest BCUT2D eigenvalue weighted by Crippen LogP contribution is -2.48. The molecule has 1 aromatic rings. The van der Waals surface area contributed by atoms with Gasteiger partial charge >= 0.3 is 0 Å². The van der Waals surface area contributed by atoms with Crippen LogP contribution in [0.1, 0.15) is 18.6 Å². The van der Waals surface area contributed by atoms with Gasteiger partial charge in [-0.1, -0.05) is 6.07 Å². The molecule has 1 atom stereocenters. The van der Waals surface area contributed by atoms with Crippen LogP contribution in [0.2, 0.25) is 0 Å². The number of rotatable bonds is 2. The summed E-state index contributed by atoms with van der Waals surface area (Å²) in [4.78, 5) is 13.1. The first-order chi connectivity index (χ1) is 8.09. The van der Waals surface area contributed by atoms with E-state index in [1.54, 1.807) is 17.0 Å². The summed E-state index contributed by atoms with van der Waals surface area (Å²) < 4.78 is 13.7. The highest BCUT2D eigenvalue weighted by Gasteiger charge is 2.22. The molecule has 1 aliphatic rings. The Morgan fingerprint density at radius 2 is 2.29 bits per heavy atom. The fraction of sp³-hybridized carbons (Fsp3) is 0.417. The lowest BCUT2D eigenvalue weighted by molar-refractivity contribution is -0.120. The minimum absolute atomic E-state index is 0.0861.